The van der Waals surface area contributed by atoms with E-state index in [0.29, 0.717) is 0 Å². The van der Waals surface area contributed by atoms with E-state index >= 15 is 0 Å². The molecule has 0 aliphatic heterocycles. The summed E-state index contributed by atoms with van der Waals surface area (Å²) in [6.07, 6.45) is 5.26. The van der Waals surface area contributed by atoms with Crippen LogP contribution in [-0.2, 0) is 11.3 Å². The van der Waals surface area contributed by atoms with Crippen LogP contribution < -0.4 is 0 Å². The molecule has 3 rings (SSSR count). The summed E-state index contributed by atoms with van der Waals surface area (Å²) in [4.78, 5) is 27.2. The zero-order valence-electron chi connectivity index (χ0n) is 15.8. The number of esters is 1. The van der Waals surface area contributed by atoms with Crippen LogP contribution in [-0.4, -0.2) is 29.9 Å². The molecule has 0 N–H and O–H groups in total. The van der Waals surface area contributed by atoms with Gasteiger partial charge in [0.15, 0.2) is 11.6 Å². The highest BCUT2D eigenvalue weighted by Crippen LogP contribution is 2.24. The van der Waals surface area contributed by atoms with E-state index in [9.17, 15) is 18.4 Å². The molecule has 0 saturated heterocycles. The number of ether oxygens (including phenoxy) is 1. The number of carbonyl (C=O) groups is 2. The van der Waals surface area contributed by atoms with E-state index < -0.39 is 24.2 Å². The van der Waals surface area contributed by atoms with Gasteiger partial charge in [-0.15, -0.1) is 0 Å². The third-order valence-corrected chi connectivity index (χ3v) is 5.21. The summed E-state index contributed by atoms with van der Waals surface area (Å²) in [7, 11) is 1.75. The van der Waals surface area contributed by atoms with Crippen molar-refractivity contribution in [3.63, 3.8) is 0 Å². The first-order valence-electron chi connectivity index (χ1n) is 9.45. The lowest BCUT2D eigenvalue weighted by atomic mass is 9.94. The molecule has 28 heavy (non-hydrogen) atoms. The summed E-state index contributed by atoms with van der Waals surface area (Å²) >= 11 is 0. The minimum Gasteiger partial charge on any atom is -0.457 e. The maximum atomic E-state index is 13.7. The Balaban J connectivity index is 1.74. The molecule has 0 bridgehead atoms. The van der Waals surface area contributed by atoms with Crippen molar-refractivity contribution >= 4 is 11.9 Å². The Morgan fingerprint density at radius 1 is 1.00 bits per heavy atom. The summed E-state index contributed by atoms with van der Waals surface area (Å²) in [6, 6.07) is 10.3. The average molecular weight is 387 g/mol. The molecule has 4 nitrogen and oxygen atoms in total. The number of carbonyl (C=O) groups excluding carboxylic acids is 2. The van der Waals surface area contributed by atoms with Crippen molar-refractivity contribution in [2.75, 3.05) is 7.05 Å². The Morgan fingerprint density at radius 2 is 1.68 bits per heavy atom. The first-order chi connectivity index (χ1) is 13.5. The summed E-state index contributed by atoms with van der Waals surface area (Å²) in [6.45, 7) is -0.413. The predicted molar refractivity (Wildman–Crippen MR) is 101 cm³/mol. The van der Waals surface area contributed by atoms with Crippen LogP contribution in [0.4, 0.5) is 8.78 Å². The fourth-order valence-corrected chi connectivity index (χ4v) is 3.55. The molecule has 1 saturated carbocycles. The van der Waals surface area contributed by atoms with E-state index in [1.54, 1.807) is 30.1 Å². The van der Waals surface area contributed by atoms with Gasteiger partial charge in [-0.2, -0.15) is 0 Å². The van der Waals surface area contributed by atoms with Gasteiger partial charge in [0, 0.05) is 18.7 Å². The lowest BCUT2D eigenvalue weighted by Gasteiger charge is -2.31. The molecule has 0 spiro atoms. The molecule has 1 fully saturated rings. The lowest BCUT2D eigenvalue weighted by molar-refractivity contribution is 0.0460. The van der Waals surface area contributed by atoms with Crippen molar-refractivity contribution in [3.05, 3.63) is 70.8 Å². The van der Waals surface area contributed by atoms with Crippen molar-refractivity contribution in [1.29, 1.82) is 0 Å². The van der Waals surface area contributed by atoms with E-state index in [-0.39, 0.29) is 28.6 Å². The topological polar surface area (TPSA) is 46.6 Å². The standard InChI is InChI=1S/C22H23F2NO3/c1-25(16-9-3-2-4-10-16)21(26)17-11-5-6-12-18(17)22(27)28-14-15-8-7-13-19(23)20(15)24/h5-8,11-13,16H,2-4,9-10,14H2,1H3. The van der Waals surface area contributed by atoms with Crippen molar-refractivity contribution in [2.24, 2.45) is 0 Å². The van der Waals surface area contributed by atoms with Gasteiger partial charge in [-0.05, 0) is 31.0 Å². The molecule has 0 atom stereocenters. The highest BCUT2D eigenvalue weighted by Gasteiger charge is 2.26. The Bertz CT molecular complexity index is 863. The molecular formula is C22H23F2NO3. The molecule has 148 valence electrons. The van der Waals surface area contributed by atoms with Crippen molar-refractivity contribution in [2.45, 2.75) is 44.8 Å². The Morgan fingerprint density at radius 3 is 2.39 bits per heavy atom. The first kappa shape index (κ1) is 20.0. The van der Waals surface area contributed by atoms with E-state index in [4.69, 9.17) is 4.74 Å². The maximum absolute atomic E-state index is 13.7. The van der Waals surface area contributed by atoms with E-state index in [1.165, 1.54) is 24.6 Å². The van der Waals surface area contributed by atoms with Gasteiger partial charge in [-0.1, -0.05) is 43.5 Å². The van der Waals surface area contributed by atoms with Gasteiger partial charge in [-0.3, -0.25) is 4.79 Å². The highest BCUT2D eigenvalue weighted by molar-refractivity contribution is 6.05. The molecule has 2 aromatic carbocycles. The normalized spacial score (nSPS) is 14.5. The maximum Gasteiger partial charge on any atom is 0.339 e. The van der Waals surface area contributed by atoms with Gasteiger partial charge in [0.25, 0.3) is 5.91 Å². The van der Waals surface area contributed by atoms with Crippen LogP contribution in [0.15, 0.2) is 42.5 Å². The largest absolute Gasteiger partial charge is 0.457 e. The number of halogens is 2. The van der Waals surface area contributed by atoms with E-state index in [2.05, 4.69) is 0 Å². The van der Waals surface area contributed by atoms with Gasteiger partial charge in [0.1, 0.15) is 6.61 Å². The van der Waals surface area contributed by atoms with Crippen molar-refractivity contribution < 1.29 is 23.1 Å². The summed E-state index contributed by atoms with van der Waals surface area (Å²) < 4.78 is 32.2. The van der Waals surface area contributed by atoms with Crippen molar-refractivity contribution in [3.8, 4) is 0 Å². The zero-order chi connectivity index (χ0) is 20.1. The molecule has 0 heterocycles. The second-order valence-electron chi connectivity index (χ2n) is 7.04. The van der Waals surface area contributed by atoms with E-state index in [1.807, 2.05) is 0 Å². The summed E-state index contributed by atoms with van der Waals surface area (Å²) in [5.74, 6) is -3.03. The van der Waals surface area contributed by atoms with Crippen molar-refractivity contribution in [1.82, 2.24) is 4.90 Å². The predicted octanol–water partition coefficient (Wildman–Crippen LogP) is 4.73. The van der Waals surface area contributed by atoms with Gasteiger partial charge in [0.2, 0.25) is 0 Å². The molecule has 0 radical (unpaired) electrons. The van der Waals surface area contributed by atoms with Gasteiger partial charge >= 0.3 is 5.97 Å². The fraction of sp³-hybridized carbons (Fsp3) is 0.364. The average Bonchev–Trinajstić information content (AvgIpc) is 2.74. The van der Waals surface area contributed by atoms with Gasteiger partial charge < -0.3 is 9.64 Å². The molecule has 1 aliphatic carbocycles. The van der Waals surface area contributed by atoms with Crippen LogP contribution in [0.1, 0.15) is 58.4 Å². The number of hydrogen-bond acceptors (Lipinski definition) is 3. The van der Waals surface area contributed by atoms with Crippen LogP contribution in [0.5, 0.6) is 0 Å². The van der Waals surface area contributed by atoms with Crippen LogP contribution >= 0.6 is 0 Å². The van der Waals surface area contributed by atoms with Gasteiger partial charge in [-0.25, -0.2) is 13.6 Å². The smallest absolute Gasteiger partial charge is 0.339 e. The van der Waals surface area contributed by atoms with Crippen LogP contribution in [0, 0.1) is 11.6 Å². The molecule has 2 aromatic rings. The quantitative estimate of drug-likeness (QED) is 0.697. The van der Waals surface area contributed by atoms with Gasteiger partial charge in [0.05, 0.1) is 11.1 Å². The minimum absolute atomic E-state index is 0.0588. The Labute approximate surface area is 163 Å². The minimum atomic E-state index is -1.04. The SMILES string of the molecule is CN(C(=O)c1ccccc1C(=O)OCc1cccc(F)c1F)C1CCCCC1. The molecule has 1 amide bonds. The molecule has 0 aromatic heterocycles. The van der Waals surface area contributed by atoms with Crippen LogP contribution in [0.3, 0.4) is 0 Å². The molecule has 1 aliphatic rings. The van der Waals surface area contributed by atoms with Crippen LogP contribution in [0.2, 0.25) is 0 Å². The second-order valence-corrected chi connectivity index (χ2v) is 7.04. The zero-order valence-corrected chi connectivity index (χ0v) is 15.8. The number of hydrogen-bond donors (Lipinski definition) is 0. The molecule has 0 unspecified atom stereocenters. The Kier molecular flexibility index (Phi) is 6.39. The second kappa shape index (κ2) is 8.95. The summed E-state index contributed by atoms with van der Waals surface area (Å²) in [5.41, 5.74) is 0.309. The first-order valence-corrected chi connectivity index (χ1v) is 9.45. The Hall–Kier alpha value is -2.76. The number of rotatable bonds is 5. The number of amides is 1. The number of benzene rings is 2. The molecular weight excluding hydrogens is 364 g/mol. The van der Waals surface area contributed by atoms with Crippen LogP contribution in [0.25, 0.3) is 0 Å². The highest BCUT2D eigenvalue weighted by atomic mass is 19.2. The van der Waals surface area contributed by atoms with E-state index in [0.717, 1.165) is 31.7 Å². The number of nitrogens with zero attached hydrogens (tertiary/aromatic N) is 1. The lowest BCUT2D eigenvalue weighted by Crippen LogP contribution is -2.38. The fourth-order valence-electron chi connectivity index (χ4n) is 3.55. The third kappa shape index (κ3) is 4.38. The molecule has 6 heteroatoms. The summed E-state index contributed by atoms with van der Waals surface area (Å²) in [5, 5.41) is 0. The monoisotopic (exact) mass is 387 g/mol. The third-order valence-electron chi connectivity index (χ3n) is 5.21.